The van der Waals surface area contributed by atoms with Gasteiger partial charge in [0.05, 0.1) is 18.1 Å². The number of nitrogens with zero attached hydrogens (tertiary/aromatic N) is 3. The van der Waals surface area contributed by atoms with E-state index in [-0.39, 0.29) is 23.0 Å². The number of hydrogen-bond acceptors (Lipinski definition) is 7. The summed E-state index contributed by atoms with van der Waals surface area (Å²) in [4.78, 5) is 20.6. The van der Waals surface area contributed by atoms with E-state index in [2.05, 4.69) is 29.9 Å². The van der Waals surface area contributed by atoms with Gasteiger partial charge in [-0.2, -0.15) is 0 Å². The van der Waals surface area contributed by atoms with E-state index in [4.69, 9.17) is 4.52 Å². The molecular formula is C18H14F2N4O4. The molecule has 0 atom stereocenters. The van der Waals surface area contributed by atoms with Crippen LogP contribution in [-0.2, 0) is 0 Å². The van der Waals surface area contributed by atoms with Crippen LogP contribution in [0.1, 0.15) is 27.4 Å². The van der Waals surface area contributed by atoms with Gasteiger partial charge < -0.3 is 19.3 Å². The van der Waals surface area contributed by atoms with Crippen LogP contribution in [0.2, 0.25) is 0 Å². The van der Waals surface area contributed by atoms with Crippen LogP contribution in [-0.4, -0.2) is 27.3 Å². The maximum absolute atomic E-state index is 13.2. The topological polar surface area (TPSA) is 99.4 Å². The number of ether oxygens (including phenoxy) is 2. The van der Waals surface area contributed by atoms with Crippen molar-refractivity contribution in [3.8, 4) is 22.8 Å². The van der Waals surface area contributed by atoms with Gasteiger partial charge in [-0.3, -0.25) is 9.78 Å². The van der Waals surface area contributed by atoms with Gasteiger partial charge in [0.25, 0.3) is 5.91 Å². The average Bonchev–Trinajstić information content (AvgIpc) is 3.12. The summed E-state index contributed by atoms with van der Waals surface area (Å²) < 4.78 is 40.3. The molecule has 1 amide bonds. The van der Waals surface area contributed by atoms with Crippen LogP contribution in [0, 0.1) is 20.8 Å². The molecule has 3 aromatic rings. The van der Waals surface area contributed by atoms with Crippen LogP contribution in [0.25, 0.3) is 11.3 Å². The van der Waals surface area contributed by atoms with E-state index in [0.29, 0.717) is 28.1 Å². The van der Waals surface area contributed by atoms with Crippen LogP contribution >= 0.6 is 0 Å². The van der Waals surface area contributed by atoms with E-state index in [1.807, 2.05) is 0 Å². The minimum absolute atomic E-state index is 0.0404. The summed E-state index contributed by atoms with van der Waals surface area (Å²) in [6.07, 6.45) is -0.919. The van der Waals surface area contributed by atoms with Crippen LogP contribution in [0.4, 0.5) is 14.6 Å². The Morgan fingerprint density at radius 2 is 1.79 bits per heavy atom. The molecule has 1 aliphatic heterocycles. The highest BCUT2D eigenvalue weighted by atomic mass is 19.3. The Hall–Kier alpha value is -3.56. The highest BCUT2D eigenvalue weighted by Gasteiger charge is 2.43. The summed E-state index contributed by atoms with van der Waals surface area (Å²) in [5.74, 6) is 0.162. The predicted octanol–water partition coefficient (Wildman–Crippen LogP) is 3.63. The number of nitrogens with one attached hydrogen (secondary N) is 1. The SMILES string of the molecule is Cc1cc2c(cc1-c1cnc(NC(=O)c3noc(C)c3C)cn1)OC(F)(F)O2. The Labute approximate surface area is 157 Å². The number of fused-ring (bicyclic) bond motifs is 1. The predicted molar refractivity (Wildman–Crippen MR) is 92.3 cm³/mol. The zero-order valence-electron chi connectivity index (χ0n) is 15.0. The summed E-state index contributed by atoms with van der Waals surface area (Å²) >= 11 is 0. The van der Waals surface area contributed by atoms with E-state index in [9.17, 15) is 13.6 Å². The second-order valence-corrected chi connectivity index (χ2v) is 6.23. The van der Waals surface area contributed by atoms with E-state index in [1.54, 1.807) is 20.8 Å². The lowest BCUT2D eigenvalue weighted by molar-refractivity contribution is -0.286. The molecule has 0 bridgehead atoms. The molecule has 0 aliphatic carbocycles. The van der Waals surface area contributed by atoms with E-state index < -0.39 is 12.2 Å². The van der Waals surface area contributed by atoms with Crippen molar-refractivity contribution < 1.29 is 27.6 Å². The Kier molecular flexibility index (Phi) is 3.98. The summed E-state index contributed by atoms with van der Waals surface area (Å²) in [6, 6.07) is 2.86. The van der Waals surface area contributed by atoms with Crippen molar-refractivity contribution in [1.29, 1.82) is 0 Å². The summed E-state index contributed by atoms with van der Waals surface area (Å²) in [5, 5.41) is 6.29. The highest BCUT2D eigenvalue weighted by molar-refractivity contribution is 6.03. The van der Waals surface area contributed by atoms with Gasteiger partial charge in [-0.05, 0) is 38.5 Å². The van der Waals surface area contributed by atoms with Crippen molar-refractivity contribution in [1.82, 2.24) is 15.1 Å². The lowest BCUT2D eigenvalue weighted by Crippen LogP contribution is -2.25. The first-order valence-electron chi connectivity index (χ1n) is 8.20. The first-order valence-corrected chi connectivity index (χ1v) is 8.20. The van der Waals surface area contributed by atoms with Crippen molar-refractivity contribution >= 4 is 11.7 Å². The molecule has 0 saturated carbocycles. The van der Waals surface area contributed by atoms with E-state index in [1.165, 1.54) is 24.5 Å². The first kappa shape index (κ1) is 17.8. The molecule has 0 fully saturated rings. The van der Waals surface area contributed by atoms with Gasteiger partial charge in [-0.25, -0.2) is 4.98 Å². The van der Waals surface area contributed by atoms with E-state index >= 15 is 0 Å². The number of aromatic nitrogens is 3. The minimum atomic E-state index is -3.69. The molecule has 8 nitrogen and oxygen atoms in total. The first-order chi connectivity index (χ1) is 13.2. The van der Waals surface area contributed by atoms with Crippen LogP contribution in [0.15, 0.2) is 29.0 Å². The molecule has 1 aromatic carbocycles. The van der Waals surface area contributed by atoms with Crippen molar-refractivity contribution in [3.63, 3.8) is 0 Å². The zero-order valence-corrected chi connectivity index (χ0v) is 15.0. The maximum Gasteiger partial charge on any atom is 0.586 e. The lowest BCUT2D eigenvalue weighted by atomic mass is 10.1. The number of amides is 1. The van der Waals surface area contributed by atoms with Crippen LogP contribution in [0.5, 0.6) is 11.5 Å². The zero-order chi connectivity index (χ0) is 20.1. The summed E-state index contributed by atoms with van der Waals surface area (Å²) in [7, 11) is 0. The lowest BCUT2D eigenvalue weighted by Gasteiger charge is -2.08. The molecular weight excluding hydrogens is 374 g/mol. The van der Waals surface area contributed by atoms with Crippen molar-refractivity contribution in [2.24, 2.45) is 0 Å². The largest absolute Gasteiger partial charge is 0.586 e. The molecule has 3 heterocycles. The molecule has 1 aliphatic rings. The number of rotatable bonds is 3. The molecule has 0 radical (unpaired) electrons. The summed E-state index contributed by atoms with van der Waals surface area (Å²) in [6.45, 7) is 5.15. The molecule has 0 saturated heterocycles. The minimum Gasteiger partial charge on any atom is -0.395 e. The van der Waals surface area contributed by atoms with Crippen molar-refractivity contribution in [2.75, 3.05) is 5.32 Å². The third kappa shape index (κ3) is 3.13. The van der Waals surface area contributed by atoms with Gasteiger partial charge in [0.2, 0.25) is 0 Å². The molecule has 10 heteroatoms. The molecule has 28 heavy (non-hydrogen) atoms. The highest BCUT2D eigenvalue weighted by Crippen LogP contribution is 2.44. The Balaban J connectivity index is 1.56. The maximum atomic E-state index is 13.2. The number of hydrogen-bond donors (Lipinski definition) is 1. The molecule has 0 unspecified atom stereocenters. The number of carbonyl (C=O) groups excluding carboxylic acids is 1. The van der Waals surface area contributed by atoms with Crippen LogP contribution in [0.3, 0.4) is 0 Å². The Morgan fingerprint density at radius 1 is 1.07 bits per heavy atom. The number of benzene rings is 1. The number of aryl methyl sites for hydroxylation is 2. The van der Waals surface area contributed by atoms with Crippen molar-refractivity contribution in [2.45, 2.75) is 27.1 Å². The number of alkyl halides is 2. The monoisotopic (exact) mass is 388 g/mol. The number of carbonyl (C=O) groups is 1. The second kappa shape index (κ2) is 6.25. The van der Waals surface area contributed by atoms with Crippen LogP contribution < -0.4 is 14.8 Å². The van der Waals surface area contributed by atoms with Gasteiger partial charge in [-0.1, -0.05) is 5.16 Å². The van der Waals surface area contributed by atoms with Gasteiger partial charge >= 0.3 is 6.29 Å². The molecule has 4 rings (SSSR count). The standard InChI is InChI=1S/C18H14F2N4O4/c1-8-4-13-14(27-18(19,20)26-13)5-11(8)12-6-22-15(7-21-12)23-17(25)16-9(2)10(3)28-24-16/h4-7H,1-3H3,(H,22,23,25). The molecule has 2 aromatic heterocycles. The average molecular weight is 388 g/mol. The third-order valence-electron chi connectivity index (χ3n) is 4.29. The third-order valence-corrected chi connectivity index (χ3v) is 4.29. The summed E-state index contributed by atoms with van der Waals surface area (Å²) in [5.41, 5.74) is 2.42. The fraction of sp³-hybridized carbons (Fsp3) is 0.222. The smallest absolute Gasteiger partial charge is 0.395 e. The van der Waals surface area contributed by atoms with Crippen molar-refractivity contribution in [3.05, 3.63) is 47.1 Å². The van der Waals surface area contributed by atoms with Gasteiger partial charge in [-0.15, -0.1) is 8.78 Å². The normalized spacial score (nSPS) is 14.2. The molecule has 0 spiro atoms. The van der Waals surface area contributed by atoms with Gasteiger partial charge in [0.1, 0.15) is 5.76 Å². The number of halogens is 2. The van der Waals surface area contributed by atoms with Gasteiger partial charge in [0.15, 0.2) is 23.0 Å². The Morgan fingerprint density at radius 3 is 2.39 bits per heavy atom. The fourth-order valence-electron chi connectivity index (χ4n) is 2.71. The Bertz CT molecular complexity index is 1080. The quantitative estimate of drug-likeness (QED) is 0.731. The number of anilines is 1. The van der Waals surface area contributed by atoms with E-state index in [0.717, 1.165) is 0 Å². The van der Waals surface area contributed by atoms with Gasteiger partial charge in [0, 0.05) is 11.1 Å². The fourth-order valence-corrected chi connectivity index (χ4v) is 2.71. The molecule has 144 valence electrons. The second-order valence-electron chi connectivity index (χ2n) is 6.23. The molecule has 1 N–H and O–H groups in total.